The van der Waals surface area contributed by atoms with Crippen LogP contribution in [0, 0.1) is 0 Å². The van der Waals surface area contributed by atoms with Crippen LogP contribution in [0.15, 0.2) is 12.4 Å². The number of carbonyl (C=O) groups excluding carboxylic acids is 1. The van der Waals surface area contributed by atoms with Crippen molar-refractivity contribution in [2.24, 2.45) is 7.05 Å². The summed E-state index contributed by atoms with van der Waals surface area (Å²) in [6.45, 7) is 2.11. The first-order chi connectivity index (χ1) is 7.65. The molecule has 0 spiro atoms. The Morgan fingerprint density at radius 2 is 2.44 bits per heavy atom. The van der Waals surface area contributed by atoms with Crippen LogP contribution in [0.5, 0.6) is 0 Å². The molecule has 0 aromatic carbocycles. The predicted octanol–water partition coefficient (Wildman–Crippen LogP) is 0.889. The molecule has 2 heterocycles. The molecule has 1 aliphatic rings. The normalized spacial score (nSPS) is 25.4. The summed E-state index contributed by atoms with van der Waals surface area (Å²) < 4.78 is 1.67. The summed E-state index contributed by atoms with van der Waals surface area (Å²) in [5.74, 6) is 0.0413. The van der Waals surface area contributed by atoms with E-state index in [2.05, 4.69) is 22.7 Å². The van der Waals surface area contributed by atoms with Crippen LogP contribution in [0.1, 0.15) is 26.2 Å². The molecule has 1 aliphatic heterocycles. The summed E-state index contributed by atoms with van der Waals surface area (Å²) in [6, 6.07) is 0.363. The summed E-state index contributed by atoms with van der Waals surface area (Å²) in [6.07, 6.45) is 6.63. The molecule has 1 fully saturated rings. The lowest BCUT2D eigenvalue weighted by molar-refractivity contribution is -0.118. The maximum Gasteiger partial charge on any atom is 0.241 e. The lowest BCUT2D eigenvalue weighted by atomic mass is 9.99. The Hall–Kier alpha value is -1.36. The number of amides is 1. The number of carbonyl (C=O) groups is 1. The molecule has 2 rings (SSSR count). The van der Waals surface area contributed by atoms with Crippen molar-refractivity contribution in [2.45, 2.75) is 38.3 Å². The smallest absolute Gasteiger partial charge is 0.241 e. The van der Waals surface area contributed by atoms with Crippen molar-refractivity contribution in [2.75, 3.05) is 5.32 Å². The first-order valence-electron chi connectivity index (χ1n) is 5.70. The van der Waals surface area contributed by atoms with E-state index in [0.717, 1.165) is 24.9 Å². The van der Waals surface area contributed by atoms with Crippen LogP contribution in [0.2, 0.25) is 0 Å². The van der Waals surface area contributed by atoms with Crippen LogP contribution in [0.25, 0.3) is 0 Å². The Morgan fingerprint density at radius 1 is 1.62 bits per heavy atom. The molecule has 2 atom stereocenters. The van der Waals surface area contributed by atoms with E-state index in [4.69, 9.17) is 0 Å². The third-order valence-electron chi connectivity index (χ3n) is 2.90. The molecule has 5 nitrogen and oxygen atoms in total. The Labute approximate surface area is 95.2 Å². The first-order valence-corrected chi connectivity index (χ1v) is 5.70. The minimum atomic E-state index is -0.0658. The molecule has 2 unspecified atom stereocenters. The van der Waals surface area contributed by atoms with Gasteiger partial charge in [-0.25, -0.2) is 0 Å². The van der Waals surface area contributed by atoms with E-state index in [9.17, 15) is 4.79 Å². The number of anilines is 1. The minimum Gasteiger partial charge on any atom is -0.322 e. The number of aryl methyl sites for hydroxylation is 1. The average Bonchev–Trinajstić information content (AvgIpc) is 2.64. The SMILES string of the molecule is CC1CCCC(C(=O)Nc2cnn(C)c2)N1. The van der Waals surface area contributed by atoms with Gasteiger partial charge in [0, 0.05) is 19.3 Å². The predicted molar refractivity (Wildman–Crippen MR) is 62.1 cm³/mol. The summed E-state index contributed by atoms with van der Waals surface area (Å²) in [7, 11) is 1.83. The van der Waals surface area contributed by atoms with Crippen molar-refractivity contribution >= 4 is 11.6 Å². The fraction of sp³-hybridized carbons (Fsp3) is 0.636. The molecule has 1 saturated heterocycles. The van der Waals surface area contributed by atoms with Crippen LogP contribution in [0.3, 0.4) is 0 Å². The van der Waals surface area contributed by atoms with Gasteiger partial charge in [0.1, 0.15) is 0 Å². The van der Waals surface area contributed by atoms with E-state index < -0.39 is 0 Å². The van der Waals surface area contributed by atoms with Crippen LogP contribution >= 0.6 is 0 Å². The van der Waals surface area contributed by atoms with Crippen molar-refractivity contribution in [3.8, 4) is 0 Å². The summed E-state index contributed by atoms with van der Waals surface area (Å²) in [4.78, 5) is 11.9. The zero-order valence-electron chi connectivity index (χ0n) is 9.73. The molecule has 5 heteroatoms. The highest BCUT2D eigenvalue weighted by atomic mass is 16.2. The van der Waals surface area contributed by atoms with Gasteiger partial charge in [0.15, 0.2) is 0 Å². The van der Waals surface area contributed by atoms with Crippen LogP contribution in [-0.2, 0) is 11.8 Å². The van der Waals surface area contributed by atoms with Crippen molar-refractivity contribution < 1.29 is 4.79 Å². The highest BCUT2D eigenvalue weighted by Gasteiger charge is 2.24. The lowest BCUT2D eigenvalue weighted by Crippen LogP contribution is -2.47. The highest BCUT2D eigenvalue weighted by molar-refractivity contribution is 5.94. The Balaban J connectivity index is 1.92. The van der Waals surface area contributed by atoms with E-state index in [1.165, 1.54) is 0 Å². The third kappa shape index (κ3) is 2.61. The lowest BCUT2D eigenvalue weighted by Gasteiger charge is -2.27. The van der Waals surface area contributed by atoms with Gasteiger partial charge in [-0.05, 0) is 26.2 Å². The monoisotopic (exact) mass is 222 g/mol. The first kappa shape index (κ1) is 11.1. The molecule has 1 aromatic heterocycles. The van der Waals surface area contributed by atoms with E-state index >= 15 is 0 Å². The fourth-order valence-electron chi connectivity index (χ4n) is 2.06. The number of hydrogen-bond acceptors (Lipinski definition) is 3. The Kier molecular flexibility index (Phi) is 3.24. The number of piperidine rings is 1. The van der Waals surface area contributed by atoms with Gasteiger partial charge >= 0.3 is 0 Å². The second-order valence-electron chi connectivity index (χ2n) is 4.44. The van der Waals surface area contributed by atoms with Crippen molar-refractivity contribution in [1.82, 2.24) is 15.1 Å². The summed E-state index contributed by atoms with van der Waals surface area (Å²) >= 11 is 0. The molecule has 1 amide bonds. The van der Waals surface area contributed by atoms with Gasteiger partial charge in [0.2, 0.25) is 5.91 Å². The average molecular weight is 222 g/mol. The summed E-state index contributed by atoms with van der Waals surface area (Å²) in [5, 5.41) is 10.2. The number of nitrogens with one attached hydrogen (secondary N) is 2. The number of hydrogen-bond donors (Lipinski definition) is 2. The topological polar surface area (TPSA) is 59.0 Å². The molecule has 0 radical (unpaired) electrons. The second-order valence-corrected chi connectivity index (χ2v) is 4.44. The molecule has 0 aliphatic carbocycles. The quantitative estimate of drug-likeness (QED) is 0.781. The van der Waals surface area contributed by atoms with E-state index in [1.807, 2.05) is 7.05 Å². The van der Waals surface area contributed by atoms with Gasteiger partial charge in [-0.15, -0.1) is 0 Å². The zero-order chi connectivity index (χ0) is 11.5. The van der Waals surface area contributed by atoms with Crippen molar-refractivity contribution in [3.05, 3.63) is 12.4 Å². The number of rotatable bonds is 2. The Morgan fingerprint density at radius 3 is 3.06 bits per heavy atom. The molecule has 0 bridgehead atoms. The standard InChI is InChI=1S/C11H18N4O/c1-8-4-3-5-10(13-8)11(16)14-9-6-12-15(2)7-9/h6-8,10,13H,3-5H2,1-2H3,(H,14,16). The van der Waals surface area contributed by atoms with Gasteiger partial charge < -0.3 is 10.6 Å². The molecule has 0 saturated carbocycles. The zero-order valence-corrected chi connectivity index (χ0v) is 9.73. The van der Waals surface area contributed by atoms with Gasteiger partial charge in [-0.3, -0.25) is 9.48 Å². The molecule has 88 valence electrons. The largest absolute Gasteiger partial charge is 0.322 e. The molecular formula is C11H18N4O. The molecule has 2 N–H and O–H groups in total. The molecule has 16 heavy (non-hydrogen) atoms. The van der Waals surface area contributed by atoms with Gasteiger partial charge in [0.05, 0.1) is 17.9 Å². The van der Waals surface area contributed by atoms with Gasteiger partial charge in [0.25, 0.3) is 0 Å². The third-order valence-corrected chi connectivity index (χ3v) is 2.90. The number of nitrogens with zero attached hydrogens (tertiary/aromatic N) is 2. The fourth-order valence-corrected chi connectivity index (χ4v) is 2.06. The van der Waals surface area contributed by atoms with Crippen LogP contribution in [0.4, 0.5) is 5.69 Å². The van der Waals surface area contributed by atoms with Crippen LogP contribution < -0.4 is 10.6 Å². The minimum absolute atomic E-state index is 0.0413. The molecular weight excluding hydrogens is 204 g/mol. The van der Waals surface area contributed by atoms with E-state index in [-0.39, 0.29) is 11.9 Å². The van der Waals surface area contributed by atoms with Gasteiger partial charge in [-0.1, -0.05) is 0 Å². The summed E-state index contributed by atoms with van der Waals surface area (Å²) in [5.41, 5.74) is 0.757. The van der Waals surface area contributed by atoms with Crippen molar-refractivity contribution in [3.63, 3.8) is 0 Å². The highest BCUT2D eigenvalue weighted by Crippen LogP contribution is 2.14. The van der Waals surface area contributed by atoms with Gasteiger partial charge in [-0.2, -0.15) is 5.10 Å². The van der Waals surface area contributed by atoms with Crippen LogP contribution in [-0.4, -0.2) is 27.8 Å². The maximum atomic E-state index is 11.9. The van der Waals surface area contributed by atoms with E-state index in [1.54, 1.807) is 17.1 Å². The van der Waals surface area contributed by atoms with E-state index in [0.29, 0.717) is 6.04 Å². The number of aromatic nitrogens is 2. The Bertz CT molecular complexity index is 374. The maximum absolute atomic E-state index is 11.9. The molecule has 1 aromatic rings. The van der Waals surface area contributed by atoms with Crippen molar-refractivity contribution in [1.29, 1.82) is 0 Å². The second kappa shape index (κ2) is 4.65.